The van der Waals surface area contributed by atoms with Crippen molar-refractivity contribution in [2.24, 2.45) is 5.73 Å². The van der Waals surface area contributed by atoms with Crippen molar-refractivity contribution in [3.63, 3.8) is 0 Å². The Morgan fingerprint density at radius 2 is 2.06 bits per heavy atom. The number of aliphatic hydroxyl groups excluding tert-OH is 1. The average Bonchev–Trinajstić information content (AvgIpc) is 2.21. The van der Waals surface area contributed by atoms with Crippen LogP contribution in [0.15, 0.2) is 24.3 Å². The molecule has 3 N–H and O–H groups in total. The summed E-state index contributed by atoms with van der Waals surface area (Å²) in [4.78, 5) is 2.02. The molecule has 0 aliphatic carbocycles. The Bertz CT molecular complexity index is 331. The third-order valence-electron chi connectivity index (χ3n) is 2.65. The van der Waals surface area contributed by atoms with Crippen LogP contribution in [-0.2, 0) is 0 Å². The van der Waals surface area contributed by atoms with Crippen molar-refractivity contribution in [3.05, 3.63) is 34.9 Å². The molecular formula is C12H19ClN2O. The molecule has 0 aliphatic rings. The van der Waals surface area contributed by atoms with Gasteiger partial charge in [0, 0.05) is 17.6 Å². The zero-order valence-electron chi connectivity index (χ0n) is 9.73. The van der Waals surface area contributed by atoms with E-state index in [-0.39, 0.29) is 18.7 Å². The van der Waals surface area contributed by atoms with Gasteiger partial charge < -0.3 is 10.8 Å². The van der Waals surface area contributed by atoms with Gasteiger partial charge in [-0.3, -0.25) is 4.90 Å². The summed E-state index contributed by atoms with van der Waals surface area (Å²) in [6, 6.07) is 7.67. The molecular weight excluding hydrogens is 224 g/mol. The Kier molecular flexibility index (Phi) is 5.22. The van der Waals surface area contributed by atoms with E-state index in [4.69, 9.17) is 22.4 Å². The van der Waals surface area contributed by atoms with Crippen LogP contribution in [0.5, 0.6) is 0 Å². The zero-order chi connectivity index (χ0) is 12.1. The lowest BCUT2D eigenvalue weighted by atomic mass is 9.99. The number of benzene rings is 1. The molecule has 0 aliphatic heterocycles. The molecule has 0 aromatic heterocycles. The van der Waals surface area contributed by atoms with E-state index in [9.17, 15) is 0 Å². The fourth-order valence-electron chi connectivity index (χ4n) is 1.93. The van der Waals surface area contributed by atoms with Gasteiger partial charge in [0.25, 0.3) is 0 Å². The van der Waals surface area contributed by atoms with Crippen LogP contribution in [0.1, 0.15) is 18.5 Å². The first-order valence-electron chi connectivity index (χ1n) is 5.39. The molecule has 2 atom stereocenters. The van der Waals surface area contributed by atoms with E-state index in [1.54, 1.807) is 0 Å². The van der Waals surface area contributed by atoms with E-state index >= 15 is 0 Å². The zero-order valence-corrected chi connectivity index (χ0v) is 10.5. The Hall–Kier alpha value is -0.610. The predicted molar refractivity (Wildman–Crippen MR) is 67.6 cm³/mol. The second-order valence-electron chi connectivity index (χ2n) is 4.03. The normalized spacial score (nSPS) is 15.1. The Morgan fingerprint density at radius 1 is 1.44 bits per heavy atom. The molecule has 0 heterocycles. The minimum absolute atomic E-state index is 0.0286. The van der Waals surface area contributed by atoms with Gasteiger partial charge in [-0.2, -0.15) is 0 Å². The molecule has 0 fully saturated rings. The van der Waals surface area contributed by atoms with Gasteiger partial charge >= 0.3 is 0 Å². The number of rotatable bonds is 5. The van der Waals surface area contributed by atoms with E-state index in [1.807, 2.05) is 43.1 Å². The molecule has 0 spiro atoms. The summed E-state index contributed by atoms with van der Waals surface area (Å²) < 4.78 is 0. The molecule has 1 aromatic carbocycles. The predicted octanol–water partition coefficient (Wildman–Crippen LogP) is 1.65. The molecule has 3 nitrogen and oxygen atoms in total. The van der Waals surface area contributed by atoms with E-state index < -0.39 is 0 Å². The van der Waals surface area contributed by atoms with Crippen molar-refractivity contribution in [2.75, 3.05) is 20.2 Å². The molecule has 90 valence electrons. The smallest absolute Gasteiger partial charge is 0.0558 e. The highest BCUT2D eigenvalue weighted by atomic mass is 35.5. The molecule has 0 amide bonds. The molecule has 1 aromatic rings. The molecule has 16 heavy (non-hydrogen) atoms. The maximum atomic E-state index is 8.97. The number of nitrogens with two attached hydrogens (primary N) is 1. The summed E-state index contributed by atoms with van der Waals surface area (Å²) in [6.45, 7) is 2.64. The summed E-state index contributed by atoms with van der Waals surface area (Å²) in [5.41, 5.74) is 7.00. The van der Waals surface area contributed by atoms with Crippen LogP contribution >= 0.6 is 11.6 Å². The van der Waals surface area contributed by atoms with Gasteiger partial charge in [0.2, 0.25) is 0 Å². The van der Waals surface area contributed by atoms with Crippen LogP contribution in [-0.4, -0.2) is 36.2 Å². The SMILES string of the molecule is CC(N)C(c1ccccc1Cl)N(C)CCO. The van der Waals surface area contributed by atoms with Crippen LogP contribution in [0.3, 0.4) is 0 Å². The van der Waals surface area contributed by atoms with Crippen molar-refractivity contribution in [1.82, 2.24) is 4.90 Å². The summed E-state index contributed by atoms with van der Waals surface area (Å²) in [7, 11) is 1.94. The highest BCUT2D eigenvalue weighted by Crippen LogP contribution is 2.28. The molecule has 0 saturated carbocycles. The monoisotopic (exact) mass is 242 g/mol. The minimum atomic E-state index is -0.0450. The van der Waals surface area contributed by atoms with Crippen LogP contribution < -0.4 is 5.73 Å². The largest absolute Gasteiger partial charge is 0.395 e. The third-order valence-corrected chi connectivity index (χ3v) is 2.99. The minimum Gasteiger partial charge on any atom is -0.395 e. The Labute approximate surface area is 102 Å². The summed E-state index contributed by atoms with van der Waals surface area (Å²) in [6.07, 6.45) is 0. The van der Waals surface area contributed by atoms with Crippen molar-refractivity contribution in [2.45, 2.75) is 19.0 Å². The van der Waals surface area contributed by atoms with Crippen molar-refractivity contribution in [3.8, 4) is 0 Å². The van der Waals surface area contributed by atoms with E-state index in [1.165, 1.54) is 0 Å². The van der Waals surface area contributed by atoms with Crippen LogP contribution in [0.2, 0.25) is 5.02 Å². The lowest BCUT2D eigenvalue weighted by Crippen LogP contribution is -2.38. The van der Waals surface area contributed by atoms with E-state index in [2.05, 4.69) is 0 Å². The topological polar surface area (TPSA) is 49.5 Å². The fourth-order valence-corrected chi connectivity index (χ4v) is 2.18. The maximum absolute atomic E-state index is 8.97. The quantitative estimate of drug-likeness (QED) is 0.826. The van der Waals surface area contributed by atoms with Gasteiger partial charge in [0.05, 0.1) is 12.6 Å². The fraction of sp³-hybridized carbons (Fsp3) is 0.500. The third kappa shape index (κ3) is 3.19. The first-order chi connectivity index (χ1) is 7.57. The van der Waals surface area contributed by atoms with Crippen molar-refractivity contribution in [1.29, 1.82) is 0 Å². The summed E-state index contributed by atoms with van der Waals surface area (Å²) in [5.74, 6) is 0. The average molecular weight is 243 g/mol. The second-order valence-corrected chi connectivity index (χ2v) is 4.44. The van der Waals surface area contributed by atoms with E-state index in [0.717, 1.165) is 10.6 Å². The summed E-state index contributed by atoms with van der Waals surface area (Å²) in [5, 5.41) is 9.69. The highest BCUT2D eigenvalue weighted by molar-refractivity contribution is 6.31. The number of hydrogen-bond acceptors (Lipinski definition) is 3. The molecule has 4 heteroatoms. The van der Waals surface area contributed by atoms with Gasteiger partial charge in [-0.1, -0.05) is 29.8 Å². The Balaban J connectivity index is 2.98. The van der Waals surface area contributed by atoms with Crippen molar-refractivity contribution >= 4 is 11.6 Å². The molecule has 0 radical (unpaired) electrons. The van der Waals surface area contributed by atoms with E-state index in [0.29, 0.717) is 6.54 Å². The number of aliphatic hydroxyl groups is 1. The van der Waals surface area contributed by atoms with Crippen molar-refractivity contribution < 1.29 is 5.11 Å². The Morgan fingerprint density at radius 3 is 2.56 bits per heavy atom. The van der Waals surface area contributed by atoms with Gasteiger partial charge in [-0.25, -0.2) is 0 Å². The van der Waals surface area contributed by atoms with Gasteiger partial charge in [-0.15, -0.1) is 0 Å². The molecule has 1 rings (SSSR count). The highest BCUT2D eigenvalue weighted by Gasteiger charge is 2.22. The van der Waals surface area contributed by atoms with Crippen LogP contribution in [0.25, 0.3) is 0 Å². The van der Waals surface area contributed by atoms with Gasteiger partial charge in [-0.05, 0) is 25.6 Å². The van der Waals surface area contributed by atoms with Crippen LogP contribution in [0, 0.1) is 0 Å². The number of halogens is 1. The first kappa shape index (κ1) is 13.5. The number of nitrogens with zero attached hydrogens (tertiary/aromatic N) is 1. The van der Waals surface area contributed by atoms with Gasteiger partial charge in [0.1, 0.15) is 0 Å². The second kappa shape index (κ2) is 6.21. The van der Waals surface area contributed by atoms with Gasteiger partial charge in [0.15, 0.2) is 0 Å². The number of hydrogen-bond donors (Lipinski definition) is 2. The summed E-state index contributed by atoms with van der Waals surface area (Å²) >= 11 is 6.16. The standard InChI is InChI=1S/C12H19ClN2O/c1-9(14)12(15(2)7-8-16)10-5-3-4-6-11(10)13/h3-6,9,12,16H,7-8,14H2,1-2H3. The lowest BCUT2D eigenvalue weighted by molar-refractivity contribution is 0.167. The number of likely N-dealkylation sites (N-methyl/N-ethyl adjacent to an activating group) is 1. The molecule has 2 unspecified atom stereocenters. The lowest BCUT2D eigenvalue weighted by Gasteiger charge is -2.31. The van der Waals surface area contributed by atoms with Crippen LogP contribution in [0.4, 0.5) is 0 Å². The molecule has 0 bridgehead atoms. The maximum Gasteiger partial charge on any atom is 0.0558 e. The first-order valence-corrected chi connectivity index (χ1v) is 5.76. The molecule has 0 saturated heterocycles.